The number of carbonyl (C=O) groups excluding carboxylic acids is 1. The van der Waals surface area contributed by atoms with Crippen molar-refractivity contribution in [2.75, 3.05) is 19.8 Å². The van der Waals surface area contributed by atoms with Crippen molar-refractivity contribution in [2.45, 2.75) is 13.0 Å². The predicted molar refractivity (Wildman–Crippen MR) is 59.7 cm³/mol. The van der Waals surface area contributed by atoms with Gasteiger partial charge in [0.25, 0.3) is 5.91 Å². The van der Waals surface area contributed by atoms with Crippen molar-refractivity contribution in [3.05, 3.63) is 29.8 Å². The second-order valence-electron chi connectivity index (χ2n) is 3.67. The van der Waals surface area contributed by atoms with Crippen molar-refractivity contribution in [3.63, 3.8) is 0 Å². The molecule has 0 aliphatic carbocycles. The highest BCUT2D eigenvalue weighted by Crippen LogP contribution is 2.12. The average Bonchev–Trinajstić information content (AvgIpc) is 2.25. The van der Waals surface area contributed by atoms with E-state index in [4.69, 9.17) is 9.47 Å². The molecular formula is C12H15NO3. The van der Waals surface area contributed by atoms with Gasteiger partial charge in [0, 0.05) is 5.56 Å². The molecular weight excluding hydrogens is 206 g/mol. The van der Waals surface area contributed by atoms with Crippen LogP contribution >= 0.6 is 0 Å². The minimum atomic E-state index is -0.0589. The second kappa shape index (κ2) is 4.99. The molecule has 1 aromatic rings. The van der Waals surface area contributed by atoms with Gasteiger partial charge in [-0.2, -0.15) is 0 Å². The van der Waals surface area contributed by atoms with Crippen molar-refractivity contribution >= 4 is 5.91 Å². The number of hydrogen-bond acceptors (Lipinski definition) is 3. The van der Waals surface area contributed by atoms with Crippen molar-refractivity contribution in [3.8, 4) is 5.75 Å². The third kappa shape index (κ3) is 2.52. The zero-order chi connectivity index (χ0) is 11.4. The van der Waals surface area contributed by atoms with Crippen LogP contribution in [0.5, 0.6) is 5.75 Å². The zero-order valence-corrected chi connectivity index (χ0v) is 9.23. The van der Waals surface area contributed by atoms with E-state index in [1.165, 1.54) is 0 Å². The first kappa shape index (κ1) is 11.0. The molecule has 16 heavy (non-hydrogen) atoms. The molecule has 1 amide bonds. The van der Waals surface area contributed by atoms with E-state index in [1.54, 1.807) is 24.3 Å². The summed E-state index contributed by atoms with van der Waals surface area (Å²) >= 11 is 0. The number of carbonyl (C=O) groups is 1. The van der Waals surface area contributed by atoms with E-state index in [9.17, 15) is 4.79 Å². The van der Waals surface area contributed by atoms with Crippen LogP contribution in [0.4, 0.5) is 0 Å². The third-order valence-electron chi connectivity index (χ3n) is 2.40. The summed E-state index contributed by atoms with van der Waals surface area (Å²) in [5, 5.41) is 2.88. The van der Waals surface area contributed by atoms with Gasteiger partial charge in [0.1, 0.15) is 5.75 Å². The lowest BCUT2D eigenvalue weighted by Gasteiger charge is -2.26. The van der Waals surface area contributed by atoms with Crippen molar-refractivity contribution in [1.82, 2.24) is 5.32 Å². The molecule has 0 saturated carbocycles. The largest absolute Gasteiger partial charge is 0.494 e. The summed E-state index contributed by atoms with van der Waals surface area (Å²) in [6.07, 6.45) is 0. The molecule has 0 spiro atoms. The topological polar surface area (TPSA) is 47.6 Å². The summed E-state index contributed by atoms with van der Waals surface area (Å²) in [5.41, 5.74) is 0.648. The van der Waals surface area contributed by atoms with Crippen LogP contribution in [0.3, 0.4) is 0 Å². The van der Waals surface area contributed by atoms with Crippen LogP contribution in [-0.4, -0.2) is 31.8 Å². The Labute approximate surface area is 94.6 Å². The van der Waals surface area contributed by atoms with Gasteiger partial charge in [-0.05, 0) is 31.2 Å². The SMILES string of the molecule is CCOc1ccc(C(=O)NC2COC2)cc1. The Morgan fingerprint density at radius 1 is 1.44 bits per heavy atom. The molecule has 0 bridgehead atoms. The lowest BCUT2D eigenvalue weighted by atomic mass is 10.2. The van der Waals surface area contributed by atoms with Gasteiger partial charge in [-0.1, -0.05) is 0 Å². The molecule has 1 saturated heterocycles. The van der Waals surface area contributed by atoms with Gasteiger partial charge < -0.3 is 14.8 Å². The Morgan fingerprint density at radius 3 is 2.62 bits per heavy atom. The summed E-state index contributed by atoms with van der Waals surface area (Å²) in [7, 11) is 0. The van der Waals surface area contributed by atoms with Crippen LogP contribution in [-0.2, 0) is 4.74 Å². The Morgan fingerprint density at radius 2 is 2.12 bits per heavy atom. The maximum atomic E-state index is 11.7. The third-order valence-corrected chi connectivity index (χ3v) is 2.40. The van der Waals surface area contributed by atoms with Crippen LogP contribution in [0, 0.1) is 0 Å². The Hall–Kier alpha value is -1.55. The molecule has 1 heterocycles. The van der Waals surface area contributed by atoms with Crippen LogP contribution in [0.15, 0.2) is 24.3 Å². The van der Waals surface area contributed by atoms with E-state index >= 15 is 0 Å². The van der Waals surface area contributed by atoms with Crippen LogP contribution < -0.4 is 10.1 Å². The van der Waals surface area contributed by atoms with E-state index in [-0.39, 0.29) is 11.9 Å². The fourth-order valence-corrected chi connectivity index (χ4v) is 1.46. The highest BCUT2D eigenvalue weighted by molar-refractivity contribution is 5.94. The Balaban J connectivity index is 1.94. The number of amides is 1. The lowest BCUT2D eigenvalue weighted by molar-refractivity contribution is -0.00346. The smallest absolute Gasteiger partial charge is 0.251 e. The second-order valence-corrected chi connectivity index (χ2v) is 3.67. The van der Waals surface area contributed by atoms with Gasteiger partial charge in [-0.15, -0.1) is 0 Å². The van der Waals surface area contributed by atoms with Gasteiger partial charge in [-0.25, -0.2) is 0 Å². The molecule has 86 valence electrons. The summed E-state index contributed by atoms with van der Waals surface area (Å²) in [5.74, 6) is 0.724. The number of ether oxygens (including phenoxy) is 2. The first-order valence-electron chi connectivity index (χ1n) is 5.41. The molecule has 1 fully saturated rings. The van der Waals surface area contributed by atoms with Gasteiger partial charge in [0.05, 0.1) is 25.9 Å². The Bertz CT molecular complexity index is 357. The molecule has 0 unspecified atom stereocenters. The van der Waals surface area contributed by atoms with Gasteiger partial charge in [-0.3, -0.25) is 4.79 Å². The normalized spacial score (nSPS) is 15.3. The number of rotatable bonds is 4. The summed E-state index contributed by atoms with van der Waals surface area (Å²) < 4.78 is 10.3. The molecule has 0 atom stereocenters. The first-order chi connectivity index (χ1) is 7.79. The summed E-state index contributed by atoms with van der Waals surface area (Å²) in [4.78, 5) is 11.7. The van der Waals surface area contributed by atoms with Crippen molar-refractivity contribution in [1.29, 1.82) is 0 Å². The van der Waals surface area contributed by atoms with Gasteiger partial charge in [0.2, 0.25) is 0 Å². The maximum absolute atomic E-state index is 11.7. The average molecular weight is 221 g/mol. The number of nitrogens with one attached hydrogen (secondary N) is 1. The van der Waals surface area contributed by atoms with E-state index in [0.717, 1.165) is 5.75 Å². The minimum Gasteiger partial charge on any atom is -0.494 e. The summed E-state index contributed by atoms with van der Waals surface area (Å²) in [6.45, 7) is 3.79. The van der Waals surface area contributed by atoms with Crippen molar-refractivity contribution < 1.29 is 14.3 Å². The van der Waals surface area contributed by atoms with Gasteiger partial charge >= 0.3 is 0 Å². The molecule has 1 aliphatic heterocycles. The van der Waals surface area contributed by atoms with E-state index < -0.39 is 0 Å². The summed E-state index contributed by atoms with van der Waals surface area (Å²) in [6, 6.07) is 7.30. The zero-order valence-electron chi connectivity index (χ0n) is 9.23. The standard InChI is InChI=1S/C12H15NO3/c1-2-16-11-5-3-9(4-6-11)12(14)13-10-7-15-8-10/h3-6,10H,2,7-8H2,1H3,(H,13,14). The van der Waals surface area contributed by atoms with E-state index in [0.29, 0.717) is 25.4 Å². The fourth-order valence-electron chi connectivity index (χ4n) is 1.46. The molecule has 1 aromatic carbocycles. The van der Waals surface area contributed by atoms with Crippen LogP contribution in [0.25, 0.3) is 0 Å². The van der Waals surface area contributed by atoms with E-state index in [2.05, 4.69) is 5.32 Å². The van der Waals surface area contributed by atoms with Crippen LogP contribution in [0.1, 0.15) is 17.3 Å². The fraction of sp³-hybridized carbons (Fsp3) is 0.417. The molecule has 2 rings (SSSR count). The Kier molecular flexibility index (Phi) is 3.41. The first-order valence-corrected chi connectivity index (χ1v) is 5.41. The molecule has 0 radical (unpaired) electrons. The molecule has 1 N–H and O–H groups in total. The monoisotopic (exact) mass is 221 g/mol. The number of hydrogen-bond donors (Lipinski definition) is 1. The van der Waals surface area contributed by atoms with E-state index in [1.807, 2.05) is 6.92 Å². The van der Waals surface area contributed by atoms with Crippen molar-refractivity contribution in [2.24, 2.45) is 0 Å². The molecule has 1 aliphatic rings. The minimum absolute atomic E-state index is 0.0589. The lowest BCUT2D eigenvalue weighted by Crippen LogP contribution is -2.48. The molecule has 4 heteroatoms. The highest BCUT2D eigenvalue weighted by Gasteiger charge is 2.20. The van der Waals surface area contributed by atoms with Gasteiger partial charge in [0.15, 0.2) is 0 Å². The maximum Gasteiger partial charge on any atom is 0.251 e. The molecule has 4 nitrogen and oxygen atoms in total. The predicted octanol–water partition coefficient (Wildman–Crippen LogP) is 1.21. The number of benzene rings is 1. The molecule has 0 aromatic heterocycles. The van der Waals surface area contributed by atoms with Crippen LogP contribution in [0.2, 0.25) is 0 Å². The quantitative estimate of drug-likeness (QED) is 0.831. The highest BCUT2D eigenvalue weighted by atomic mass is 16.5.